The molecule has 18 heavy (non-hydrogen) atoms. The molecule has 1 heterocycles. The summed E-state index contributed by atoms with van der Waals surface area (Å²) >= 11 is 0. The SMILES string of the molecule is Cn1nccc1C(=O)C1(c2ccccc2)CCC1. The summed E-state index contributed by atoms with van der Waals surface area (Å²) in [5.41, 5.74) is 1.54. The van der Waals surface area contributed by atoms with E-state index in [0.29, 0.717) is 5.69 Å². The molecular weight excluding hydrogens is 224 g/mol. The van der Waals surface area contributed by atoms with Crippen molar-refractivity contribution >= 4 is 5.78 Å². The molecule has 0 amide bonds. The van der Waals surface area contributed by atoms with Gasteiger partial charge in [-0.1, -0.05) is 36.8 Å². The minimum atomic E-state index is -0.310. The Balaban J connectivity index is 2.03. The maximum Gasteiger partial charge on any atom is 0.191 e. The number of carbonyl (C=O) groups excluding carboxylic acids is 1. The number of rotatable bonds is 3. The first kappa shape index (κ1) is 11.2. The lowest BCUT2D eigenvalue weighted by Crippen LogP contribution is -2.43. The van der Waals surface area contributed by atoms with Gasteiger partial charge >= 0.3 is 0 Å². The molecule has 3 heteroatoms. The molecule has 0 saturated heterocycles. The van der Waals surface area contributed by atoms with Crippen molar-refractivity contribution in [1.29, 1.82) is 0 Å². The van der Waals surface area contributed by atoms with Crippen LogP contribution >= 0.6 is 0 Å². The molecular formula is C15H16N2O. The van der Waals surface area contributed by atoms with Crippen LogP contribution in [-0.2, 0) is 12.5 Å². The van der Waals surface area contributed by atoms with E-state index in [4.69, 9.17) is 0 Å². The second kappa shape index (κ2) is 4.09. The second-order valence-corrected chi connectivity index (χ2v) is 4.97. The van der Waals surface area contributed by atoms with E-state index >= 15 is 0 Å². The van der Waals surface area contributed by atoms with Crippen LogP contribution in [0.1, 0.15) is 35.3 Å². The molecule has 0 spiro atoms. The first-order chi connectivity index (χ1) is 8.74. The molecule has 1 aliphatic rings. The third-order valence-corrected chi connectivity index (χ3v) is 4.02. The van der Waals surface area contributed by atoms with E-state index in [9.17, 15) is 4.79 Å². The smallest absolute Gasteiger partial charge is 0.191 e. The minimum absolute atomic E-state index is 0.208. The topological polar surface area (TPSA) is 34.9 Å². The highest BCUT2D eigenvalue weighted by Crippen LogP contribution is 2.45. The van der Waals surface area contributed by atoms with Gasteiger partial charge in [-0.25, -0.2) is 0 Å². The van der Waals surface area contributed by atoms with E-state index in [2.05, 4.69) is 17.2 Å². The fraction of sp³-hybridized carbons (Fsp3) is 0.333. The van der Waals surface area contributed by atoms with Crippen molar-refractivity contribution in [2.75, 3.05) is 0 Å². The molecule has 1 saturated carbocycles. The lowest BCUT2D eigenvalue weighted by atomic mass is 9.61. The van der Waals surface area contributed by atoms with Gasteiger partial charge in [0.2, 0.25) is 0 Å². The number of carbonyl (C=O) groups is 1. The maximum absolute atomic E-state index is 12.8. The van der Waals surface area contributed by atoms with Crippen LogP contribution in [0.4, 0.5) is 0 Å². The van der Waals surface area contributed by atoms with Crippen LogP contribution in [0.25, 0.3) is 0 Å². The highest BCUT2D eigenvalue weighted by Gasteiger charge is 2.46. The average Bonchev–Trinajstić information content (AvgIpc) is 2.75. The molecule has 92 valence electrons. The third-order valence-electron chi connectivity index (χ3n) is 4.02. The van der Waals surface area contributed by atoms with E-state index < -0.39 is 0 Å². The van der Waals surface area contributed by atoms with Crippen molar-refractivity contribution in [3.05, 3.63) is 53.9 Å². The molecule has 3 rings (SSSR count). The molecule has 2 aromatic rings. The number of Topliss-reactive ketones (excluding diaryl/α,β-unsaturated/α-hetero) is 1. The summed E-state index contributed by atoms with van der Waals surface area (Å²) in [6.45, 7) is 0. The van der Waals surface area contributed by atoms with Crippen LogP contribution in [0.3, 0.4) is 0 Å². The molecule has 1 fully saturated rings. The second-order valence-electron chi connectivity index (χ2n) is 4.97. The van der Waals surface area contributed by atoms with Gasteiger partial charge in [0.05, 0.1) is 5.41 Å². The molecule has 0 atom stereocenters. The van der Waals surface area contributed by atoms with Crippen LogP contribution in [-0.4, -0.2) is 15.6 Å². The van der Waals surface area contributed by atoms with Crippen LogP contribution in [0, 0.1) is 0 Å². The van der Waals surface area contributed by atoms with Gasteiger partial charge in [-0.3, -0.25) is 9.48 Å². The molecule has 0 aliphatic heterocycles. The number of benzene rings is 1. The summed E-state index contributed by atoms with van der Waals surface area (Å²) in [6, 6.07) is 11.9. The molecule has 1 aromatic carbocycles. The summed E-state index contributed by atoms with van der Waals surface area (Å²) in [7, 11) is 1.82. The Labute approximate surface area is 106 Å². The van der Waals surface area contributed by atoms with Crippen LogP contribution in [0.5, 0.6) is 0 Å². The molecule has 0 bridgehead atoms. The number of aryl methyl sites for hydroxylation is 1. The van der Waals surface area contributed by atoms with Gasteiger partial charge in [0.1, 0.15) is 5.69 Å². The first-order valence-corrected chi connectivity index (χ1v) is 6.32. The van der Waals surface area contributed by atoms with Crippen molar-refractivity contribution in [3.63, 3.8) is 0 Å². The monoisotopic (exact) mass is 240 g/mol. The minimum Gasteiger partial charge on any atom is -0.291 e. The Kier molecular flexibility index (Phi) is 2.54. The van der Waals surface area contributed by atoms with Crippen molar-refractivity contribution in [3.8, 4) is 0 Å². The molecule has 3 nitrogen and oxygen atoms in total. The maximum atomic E-state index is 12.8. The first-order valence-electron chi connectivity index (χ1n) is 6.32. The zero-order valence-electron chi connectivity index (χ0n) is 10.5. The van der Waals surface area contributed by atoms with Gasteiger partial charge in [-0.05, 0) is 24.5 Å². The number of hydrogen-bond donors (Lipinski definition) is 0. The van der Waals surface area contributed by atoms with Gasteiger partial charge in [-0.15, -0.1) is 0 Å². The summed E-state index contributed by atoms with van der Waals surface area (Å²) in [6.07, 6.45) is 4.70. The van der Waals surface area contributed by atoms with Gasteiger partial charge in [-0.2, -0.15) is 5.10 Å². The lowest BCUT2D eigenvalue weighted by molar-refractivity contribution is 0.0778. The number of ketones is 1. The van der Waals surface area contributed by atoms with E-state index in [1.54, 1.807) is 10.9 Å². The van der Waals surface area contributed by atoms with E-state index in [1.165, 1.54) is 0 Å². The van der Waals surface area contributed by atoms with E-state index in [1.807, 2.05) is 31.3 Å². The van der Waals surface area contributed by atoms with Gasteiger partial charge in [0, 0.05) is 13.2 Å². The lowest BCUT2D eigenvalue weighted by Gasteiger charge is -2.40. The summed E-state index contributed by atoms with van der Waals surface area (Å²) in [5, 5.41) is 4.10. The van der Waals surface area contributed by atoms with Gasteiger partial charge in [0.25, 0.3) is 0 Å². The standard InChI is InChI=1S/C15H16N2O/c1-17-13(8-11-16-17)14(18)15(9-5-10-15)12-6-3-2-4-7-12/h2-4,6-8,11H,5,9-10H2,1H3. The highest BCUT2D eigenvalue weighted by atomic mass is 16.1. The zero-order chi connectivity index (χ0) is 12.6. The summed E-state index contributed by atoms with van der Waals surface area (Å²) in [5.74, 6) is 0.208. The molecule has 1 aromatic heterocycles. The Morgan fingerprint density at radius 1 is 1.22 bits per heavy atom. The predicted octanol–water partition coefficient (Wildman–Crippen LogP) is 2.72. The number of aromatic nitrogens is 2. The van der Waals surface area contributed by atoms with Crippen molar-refractivity contribution < 1.29 is 4.79 Å². The van der Waals surface area contributed by atoms with Crippen molar-refractivity contribution in [2.24, 2.45) is 7.05 Å². The largest absolute Gasteiger partial charge is 0.291 e. The Bertz CT molecular complexity index is 567. The third kappa shape index (κ3) is 1.50. The van der Waals surface area contributed by atoms with Crippen LogP contribution < -0.4 is 0 Å². The van der Waals surface area contributed by atoms with E-state index in [0.717, 1.165) is 24.8 Å². The molecule has 0 N–H and O–H groups in total. The predicted molar refractivity (Wildman–Crippen MR) is 69.5 cm³/mol. The Morgan fingerprint density at radius 3 is 2.44 bits per heavy atom. The summed E-state index contributed by atoms with van der Waals surface area (Å²) < 4.78 is 1.67. The zero-order valence-corrected chi connectivity index (χ0v) is 10.5. The Hall–Kier alpha value is -1.90. The van der Waals surface area contributed by atoms with Crippen molar-refractivity contribution in [2.45, 2.75) is 24.7 Å². The van der Waals surface area contributed by atoms with Gasteiger partial charge in [0.15, 0.2) is 5.78 Å². The fourth-order valence-corrected chi connectivity index (χ4v) is 2.78. The Morgan fingerprint density at radius 2 is 1.94 bits per heavy atom. The highest BCUT2D eigenvalue weighted by molar-refractivity contribution is 6.03. The summed E-state index contributed by atoms with van der Waals surface area (Å²) in [4.78, 5) is 12.8. The quantitative estimate of drug-likeness (QED) is 0.773. The number of hydrogen-bond acceptors (Lipinski definition) is 2. The van der Waals surface area contributed by atoms with Crippen molar-refractivity contribution in [1.82, 2.24) is 9.78 Å². The number of nitrogens with zero attached hydrogens (tertiary/aromatic N) is 2. The molecule has 0 unspecified atom stereocenters. The molecule has 1 aliphatic carbocycles. The fourth-order valence-electron chi connectivity index (χ4n) is 2.78. The van der Waals surface area contributed by atoms with Gasteiger partial charge < -0.3 is 0 Å². The van der Waals surface area contributed by atoms with E-state index in [-0.39, 0.29) is 11.2 Å². The normalized spacial score (nSPS) is 17.2. The average molecular weight is 240 g/mol. The van der Waals surface area contributed by atoms with Crippen LogP contribution in [0.2, 0.25) is 0 Å². The van der Waals surface area contributed by atoms with Crippen LogP contribution in [0.15, 0.2) is 42.6 Å². The molecule has 0 radical (unpaired) electrons.